The highest BCUT2D eigenvalue weighted by Crippen LogP contribution is 2.24. The number of carbonyl (C=O) groups is 1. The van der Waals surface area contributed by atoms with E-state index >= 15 is 0 Å². The number of aryl methyl sites for hydroxylation is 2. The largest absolute Gasteiger partial charge is 0.399 e. The van der Waals surface area contributed by atoms with Gasteiger partial charge in [0.25, 0.3) is 5.91 Å². The van der Waals surface area contributed by atoms with E-state index < -0.39 is 0 Å². The van der Waals surface area contributed by atoms with E-state index in [0.717, 1.165) is 30.2 Å². The second-order valence-corrected chi connectivity index (χ2v) is 6.91. The molecule has 1 saturated heterocycles. The molecule has 0 aliphatic carbocycles. The minimum absolute atomic E-state index is 0.0721. The molecule has 1 aromatic heterocycles. The van der Waals surface area contributed by atoms with Crippen molar-refractivity contribution in [2.75, 3.05) is 36.8 Å². The van der Waals surface area contributed by atoms with Gasteiger partial charge in [0, 0.05) is 48.5 Å². The van der Waals surface area contributed by atoms with Crippen LogP contribution in [0.2, 0.25) is 0 Å². The third-order valence-electron chi connectivity index (χ3n) is 4.22. The molecule has 1 aromatic carbocycles. The van der Waals surface area contributed by atoms with Gasteiger partial charge < -0.3 is 15.5 Å². The molecule has 1 amide bonds. The minimum Gasteiger partial charge on any atom is -0.399 e. The number of hydrogen-bond donors (Lipinski definition) is 1. The molecule has 2 aromatic rings. The summed E-state index contributed by atoms with van der Waals surface area (Å²) in [5.41, 5.74) is 8.14. The summed E-state index contributed by atoms with van der Waals surface area (Å²) in [5, 5.41) is 1.06. The average molecular weight is 330 g/mol. The Labute approximate surface area is 140 Å². The van der Waals surface area contributed by atoms with Gasteiger partial charge in [0.15, 0.2) is 5.13 Å². The predicted octanol–water partition coefficient (Wildman–Crippen LogP) is 2.56. The van der Waals surface area contributed by atoms with Crippen LogP contribution in [0.15, 0.2) is 24.4 Å². The molecule has 5 nitrogen and oxygen atoms in total. The quantitative estimate of drug-likeness (QED) is 0.879. The van der Waals surface area contributed by atoms with Crippen LogP contribution >= 0.6 is 11.3 Å². The van der Waals surface area contributed by atoms with Crippen molar-refractivity contribution in [3.05, 3.63) is 40.4 Å². The topological polar surface area (TPSA) is 62.5 Å². The fourth-order valence-electron chi connectivity index (χ4n) is 2.75. The minimum atomic E-state index is 0.0721. The lowest BCUT2D eigenvalue weighted by Crippen LogP contribution is -2.48. The highest BCUT2D eigenvalue weighted by molar-refractivity contribution is 7.15. The third-order valence-corrected chi connectivity index (χ3v) is 5.42. The fourth-order valence-corrected chi connectivity index (χ4v) is 3.65. The van der Waals surface area contributed by atoms with E-state index in [9.17, 15) is 4.79 Å². The first-order valence-corrected chi connectivity index (χ1v) is 8.75. The van der Waals surface area contributed by atoms with E-state index in [4.69, 9.17) is 5.73 Å². The van der Waals surface area contributed by atoms with Crippen LogP contribution in [0.3, 0.4) is 0 Å². The molecule has 2 N–H and O–H groups in total. The highest BCUT2D eigenvalue weighted by atomic mass is 32.1. The van der Waals surface area contributed by atoms with E-state index in [0.29, 0.717) is 24.3 Å². The van der Waals surface area contributed by atoms with Crippen molar-refractivity contribution in [2.24, 2.45) is 0 Å². The number of aromatic nitrogens is 1. The average Bonchev–Trinajstić information content (AvgIpc) is 3.06. The lowest BCUT2D eigenvalue weighted by molar-refractivity contribution is 0.0746. The van der Waals surface area contributed by atoms with Crippen LogP contribution in [0.4, 0.5) is 10.8 Å². The maximum absolute atomic E-state index is 12.7. The van der Waals surface area contributed by atoms with Crippen molar-refractivity contribution in [2.45, 2.75) is 20.3 Å². The van der Waals surface area contributed by atoms with Gasteiger partial charge in [0.1, 0.15) is 0 Å². The monoisotopic (exact) mass is 330 g/mol. The Hall–Kier alpha value is -2.08. The lowest BCUT2D eigenvalue weighted by atomic mass is 10.1. The van der Waals surface area contributed by atoms with Gasteiger partial charge in [0.2, 0.25) is 0 Å². The van der Waals surface area contributed by atoms with Crippen LogP contribution in [0.25, 0.3) is 0 Å². The summed E-state index contributed by atoms with van der Waals surface area (Å²) in [6, 6.07) is 5.51. The van der Waals surface area contributed by atoms with Gasteiger partial charge in [-0.1, -0.05) is 13.0 Å². The van der Waals surface area contributed by atoms with Crippen LogP contribution in [-0.2, 0) is 6.42 Å². The zero-order chi connectivity index (χ0) is 16.4. The van der Waals surface area contributed by atoms with Crippen molar-refractivity contribution >= 4 is 28.1 Å². The molecule has 0 atom stereocenters. The molecule has 6 heteroatoms. The Morgan fingerprint density at radius 2 is 2.04 bits per heavy atom. The van der Waals surface area contributed by atoms with Crippen LogP contribution < -0.4 is 10.6 Å². The number of anilines is 2. The Kier molecular flexibility index (Phi) is 4.52. The molecule has 0 saturated carbocycles. The Morgan fingerprint density at radius 1 is 1.30 bits per heavy atom. The van der Waals surface area contributed by atoms with Crippen LogP contribution in [0.1, 0.15) is 27.7 Å². The van der Waals surface area contributed by atoms with Gasteiger partial charge in [-0.2, -0.15) is 0 Å². The second kappa shape index (κ2) is 6.58. The summed E-state index contributed by atoms with van der Waals surface area (Å²) in [6.45, 7) is 7.17. The van der Waals surface area contributed by atoms with E-state index in [1.165, 1.54) is 4.88 Å². The number of thiazole rings is 1. The SMILES string of the molecule is CCc1cnc(N2CCN(C(=O)c3cc(N)ccc3C)CC2)s1. The van der Waals surface area contributed by atoms with Crippen molar-refractivity contribution in [3.63, 3.8) is 0 Å². The standard InChI is InChI=1S/C17H22N4OS/c1-3-14-11-19-17(23-14)21-8-6-20(7-9-21)16(22)15-10-13(18)5-4-12(15)2/h4-5,10-11H,3,6-9,18H2,1-2H3. The first-order valence-electron chi connectivity index (χ1n) is 7.93. The van der Waals surface area contributed by atoms with Crippen LogP contribution in [0, 0.1) is 6.92 Å². The normalized spacial score (nSPS) is 15.0. The van der Waals surface area contributed by atoms with E-state index in [2.05, 4.69) is 16.8 Å². The number of amides is 1. The van der Waals surface area contributed by atoms with Gasteiger partial charge in [-0.05, 0) is 31.0 Å². The smallest absolute Gasteiger partial charge is 0.254 e. The first kappa shape index (κ1) is 15.8. The number of benzene rings is 1. The van der Waals surface area contributed by atoms with Crippen LogP contribution in [0.5, 0.6) is 0 Å². The maximum Gasteiger partial charge on any atom is 0.254 e. The van der Waals surface area contributed by atoms with Gasteiger partial charge in [0.05, 0.1) is 0 Å². The van der Waals surface area contributed by atoms with E-state index in [-0.39, 0.29) is 5.91 Å². The summed E-state index contributed by atoms with van der Waals surface area (Å²) in [7, 11) is 0. The molecule has 1 aliphatic rings. The summed E-state index contributed by atoms with van der Waals surface area (Å²) in [5.74, 6) is 0.0721. The molecular formula is C17H22N4OS. The van der Waals surface area contributed by atoms with E-state index in [1.54, 1.807) is 17.4 Å². The molecule has 122 valence electrons. The third kappa shape index (κ3) is 3.32. The number of nitrogens with zero attached hydrogens (tertiary/aromatic N) is 3. The summed E-state index contributed by atoms with van der Waals surface area (Å²) < 4.78 is 0. The van der Waals surface area contributed by atoms with Crippen molar-refractivity contribution in [3.8, 4) is 0 Å². The van der Waals surface area contributed by atoms with Crippen molar-refractivity contribution < 1.29 is 4.79 Å². The van der Waals surface area contributed by atoms with E-state index in [1.807, 2.05) is 30.2 Å². The van der Waals surface area contributed by atoms with Gasteiger partial charge in [-0.25, -0.2) is 4.98 Å². The zero-order valence-electron chi connectivity index (χ0n) is 13.6. The number of rotatable bonds is 3. The summed E-state index contributed by atoms with van der Waals surface area (Å²) >= 11 is 1.74. The molecule has 0 bridgehead atoms. The number of hydrogen-bond acceptors (Lipinski definition) is 5. The number of carbonyl (C=O) groups excluding carboxylic acids is 1. The second-order valence-electron chi connectivity index (χ2n) is 5.82. The van der Waals surface area contributed by atoms with Gasteiger partial charge >= 0.3 is 0 Å². The van der Waals surface area contributed by atoms with Crippen LogP contribution in [-0.4, -0.2) is 42.0 Å². The molecular weight excluding hydrogens is 308 g/mol. The molecule has 2 heterocycles. The van der Waals surface area contributed by atoms with Crippen molar-refractivity contribution in [1.82, 2.24) is 9.88 Å². The molecule has 0 unspecified atom stereocenters. The first-order chi connectivity index (χ1) is 11.1. The van der Waals surface area contributed by atoms with Gasteiger partial charge in [-0.3, -0.25) is 4.79 Å². The Bertz CT molecular complexity index is 704. The molecule has 23 heavy (non-hydrogen) atoms. The summed E-state index contributed by atoms with van der Waals surface area (Å²) in [4.78, 5) is 22.7. The Balaban J connectivity index is 1.66. The zero-order valence-corrected chi connectivity index (χ0v) is 14.4. The van der Waals surface area contributed by atoms with Crippen molar-refractivity contribution in [1.29, 1.82) is 0 Å². The molecule has 1 aliphatic heterocycles. The number of nitrogen functional groups attached to an aromatic ring is 1. The van der Waals surface area contributed by atoms with Gasteiger partial charge in [-0.15, -0.1) is 11.3 Å². The Morgan fingerprint density at radius 3 is 2.70 bits per heavy atom. The molecule has 0 spiro atoms. The predicted molar refractivity (Wildman–Crippen MR) is 95.2 cm³/mol. The number of nitrogens with two attached hydrogens (primary N) is 1. The highest BCUT2D eigenvalue weighted by Gasteiger charge is 2.24. The number of piperazine rings is 1. The molecule has 1 fully saturated rings. The summed E-state index contributed by atoms with van der Waals surface area (Å²) in [6.07, 6.45) is 2.97. The molecule has 0 radical (unpaired) electrons. The molecule has 3 rings (SSSR count). The fraction of sp³-hybridized carbons (Fsp3) is 0.412. The lowest BCUT2D eigenvalue weighted by Gasteiger charge is -2.34. The maximum atomic E-state index is 12.7.